The molecule has 1 saturated carbocycles. The molecule has 0 aromatic carbocycles. The van der Waals surface area contributed by atoms with Gasteiger partial charge in [0.15, 0.2) is 0 Å². The minimum atomic E-state index is 0.247. The highest BCUT2D eigenvalue weighted by molar-refractivity contribution is 5.23. The summed E-state index contributed by atoms with van der Waals surface area (Å²) in [5.74, 6) is 1.00. The Balaban J connectivity index is 2.04. The highest BCUT2D eigenvalue weighted by Crippen LogP contribution is 2.33. The lowest BCUT2D eigenvalue weighted by Gasteiger charge is -2.19. The van der Waals surface area contributed by atoms with Crippen molar-refractivity contribution < 1.29 is 0 Å². The molecule has 2 rings (SSSR count). The number of aromatic nitrogens is 1. The van der Waals surface area contributed by atoms with Crippen molar-refractivity contribution in [2.24, 2.45) is 5.92 Å². The number of aryl methyl sites for hydroxylation is 1. The normalized spacial score (nSPS) is 16.7. The number of rotatable bonds is 3. The zero-order valence-electron chi connectivity index (χ0n) is 10.1. The van der Waals surface area contributed by atoms with Crippen molar-refractivity contribution in [1.82, 2.24) is 4.98 Å². The van der Waals surface area contributed by atoms with Gasteiger partial charge in [-0.25, -0.2) is 0 Å². The highest BCUT2D eigenvalue weighted by atomic mass is 14.7. The van der Waals surface area contributed by atoms with E-state index in [9.17, 15) is 0 Å². The first kappa shape index (κ1) is 10.7. The van der Waals surface area contributed by atoms with E-state index >= 15 is 0 Å². The van der Waals surface area contributed by atoms with Crippen LogP contribution in [0.3, 0.4) is 0 Å². The topological polar surface area (TPSA) is 12.9 Å². The van der Waals surface area contributed by atoms with E-state index in [2.05, 4.69) is 37.9 Å². The minimum Gasteiger partial charge on any atom is -0.261 e. The Bertz CT molecular complexity index is 331. The fourth-order valence-electron chi connectivity index (χ4n) is 1.84. The zero-order valence-corrected chi connectivity index (χ0v) is 10.1. The lowest BCUT2D eigenvalue weighted by Crippen LogP contribution is -2.11. The van der Waals surface area contributed by atoms with Gasteiger partial charge in [0.05, 0.1) is 0 Å². The Hall–Kier alpha value is -0.850. The van der Waals surface area contributed by atoms with Crippen molar-refractivity contribution in [1.29, 1.82) is 0 Å². The van der Waals surface area contributed by atoms with Crippen LogP contribution in [0.2, 0.25) is 0 Å². The largest absolute Gasteiger partial charge is 0.261 e. The standard InChI is InChI=1S/C14H21N/c1-14(2,3)12-8-9-15-13(10-12)7-6-11-4-5-11/h8-11H,4-7H2,1-3H3. The van der Waals surface area contributed by atoms with Gasteiger partial charge in [0.1, 0.15) is 0 Å². The van der Waals surface area contributed by atoms with Crippen LogP contribution in [0.1, 0.15) is 51.3 Å². The van der Waals surface area contributed by atoms with E-state index in [0.717, 1.165) is 12.3 Å². The Morgan fingerprint density at radius 2 is 2.07 bits per heavy atom. The summed E-state index contributed by atoms with van der Waals surface area (Å²) in [7, 11) is 0. The van der Waals surface area contributed by atoms with E-state index < -0.39 is 0 Å². The van der Waals surface area contributed by atoms with Crippen LogP contribution in [0, 0.1) is 5.92 Å². The van der Waals surface area contributed by atoms with Crippen LogP contribution in [-0.2, 0) is 11.8 Å². The third-order valence-electron chi connectivity index (χ3n) is 3.19. The number of hydrogen-bond donors (Lipinski definition) is 0. The van der Waals surface area contributed by atoms with E-state index in [0.29, 0.717) is 0 Å². The fraction of sp³-hybridized carbons (Fsp3) is 0.643. The quantitative estimate of drug-likeness (QED) is 0.729. The number of pyridine rings is 1. The maximum Gasteiger partial charge on any atom is 0.0406 e. The second-order valence-corrected chi connectivity index (χ2v) is 5.77. The molecule has 1 heteroatoms. The molecule has 0 N–H and O–H groups in total. The van der Waals surface area contributed by atoms with Gasteiger partial charge < -0.3 is 0 Å². The molecular weight excluding hydrogens is 182 g/mol. The van der Waals surface area contributed by atoms with Crippen molar-refractivity contribution in [2.75, 3.05) is 0 Å². The summed E-state index contributed by atoms with van der Waals surface area (Å²) in [6.45, 7) is 6.77. The molecule has 82 valence electrons. The molecule has 1 aliphatic carbocycles. The van der Waals surface area contributed by atoms with E-state index in [1.807, 2.05) is 6.20 Å². The summed E-state index contributed by atoms with van der Waals surface area (Å²) in [4.78, 5) is 4.45. The molecule has 0 radical (unpaired) electrons. The fourth-order valence-corrected chi connectivity index (χ4v) is 1.84. The molecule has 1 fully saturated rings. The molecule has 0 bridgehead atoms. The maximum absolute atomic E-state index is 4.45. The molecule has 0 atom stereocenters. The molecule has 1 aromatic rings. The van der Waals surface area contributed by atoms with Crippen LogP contribution >= 0.6 is 0 Å². The average molecular weight is 203 g/mol. The van der Waals surface area contributed by atoms with Gasteiger partial charge in [0, 0.05) is 11.9 Å². The van der Waals surface area contributed by atoms with Crippen molar-refractivity contribution in [2.45, 2.75) is 51.9 Å². The molecule has 0 saturated heterocycles. The summed E-state index contributed by atoms with van der Waals surface area (Å²) >= 11 is 0. The van der Waals surface area contributed by atoms with E-state index in [4.69, 9.17) is 0 Å². The summed E-state index contributed by atoms with van der Waals surface area (Å²) in [5.41, 5.74) is 2.93. The Morgan fingerprint density at radius 1 is 1.33 bits per heavy atom. The van der Waals surface area contributed by atoms with Crippen LogP contribution < -0.4 is 0 Å². The minimum absolute atomic E-state index is 0.247. The highest BCUT2D eigenvalue weighted by Gasteiger charge is 2.21. The number of nitrogens with zero attached hydrogens (tertiary/aromatic N) is 1. The van der Waals surface area contributed by atoms with Crippen molar-refractivity contribution >= 4 is 0 Å². The van der Waals surface area contributed by atoms with Gasteiger partial charge in [-0.15, -0.1) is 0 Å². The predicted molar refractivity (Wildman–Crippen MR) is 64.0 cm³/mol. The lowest BCUT2D eigenvalue weighted by atomic mass is 9.87. The molecule has 15 heavy (non-hydrogen) atoms. The molecule has 1 aliphatic rings. The Labute approximate surface area is 92.9 Å². The second-order valence-electron chi connectivity index (χ2n) is 5.77. The van der Waals surface area contributed by atoms with E-state index in [-0.39, 0.29) is 5.41 Å². The van der Waals surface area contributed by atoms with E-state index in [1.54, 1.807) is 0 Å². The molecule has 1 heterocycles. The Kier molecular flexibility index (Phi) is 2.81. The van der Waals surface area contributed by atoms with Crippen LogP contribution in [0.15, 0.2) is 18.3 Å². The maximum atomic E-state index is 4.45. The Morgan fingerprint density at radius 3 is 2.67 bits per heavy atom. The SMILES string of the molecule is CC(C)(C)c1ccnc(CCC2CC2)c1. The van der Waals surface area contributed by atoms with Gasteiger partial charge in [-0.1, -0.05) is 33.6 Å². The van der Waals surface area contributed by atoms with Gasteiger partial charge in [-0.2, -0.15) is 0 Å². The summed E-state index contributed by atoms with van der Waals surface area (Å²) < 4.78 is 0. The summed E-state index contributed by atoms with van der Waals surface area (Å²) in [5, 5.41) is 0. The van der Waals surface area contributed by atoms with Gasteiger partial charge in [-0.3, -0.25) is 4.98 Å². The van der Waals surface area contributed by atoms with Crippen LogP contribution in [0.25, 0.3) is 0 Å². The van der Waals surface area contributed by atoms with Gasteiger partial charge in [0.25, 0.3) is 0 Å². The second kappa shape index (κ2) is 3.96. The molecule has 0 spiro atoms. The molecule has 0 amide bonds. The summed E-state index contributed by atoms with van der Waals surface area (Å²) in [6, 6.07) is 4.42. The third-order valence-corrected chi connectivity index (χ3v) is 3.19. The molecule has 0 unspecified atom stereocenters. The van der Waals surface area contributed by atoms with Crippen LogP contribution in [-0.4, -0.2) is 4.98 Å². The first-order valence-corrected chi connectivity index (χ1v) is 6.01. The average Bonchev–Trinajstić information content (AvgIpc) is 2.97. The van der Waals surface area contributed by atoms with Gasteiger partial charge in [-0.05, 0) is 41.9 Å². The van der Waals surface area contributed by atoms with Crippen molar-refractivity contribution in [3.63, 3.8) is 0 Å². The zero-order chi connectivity index (χ0) is 10.9. The smallest absolute Gasteiger partial charge is 0.0406 e. The molecule has 1 aromatic heterocycles. The third kappa shape index (κ3) is 3.05. The monoisotopic (exact) mass is 203 g/mol. The summed E-state index contributed by atoms with van der Waals surface area (Å²) in [6.07, 6.45) is 7.34. The molecule has 1 nitrogen and oxygen atoms in total. The van der Waals surface area contributed by atoms with Crippen molar-refractivity contribution in [3.8, 4) is 0 Å². The number of hydrogen-bond acceptors (Lipinski definition) is 1. The molecular formula is C14H21N. The lowest BCUT2D eigenvalue weighted by molar-refractivity contribution is 0.586. The van der Waals surface area contributed by atoms with Gasteiger partial charge in [0.2, 0.25) is 0 Å². The predicted octanol–water partition coefficient (Wildman–Crippen LogP) is 3.72. The van der Waals surface area contributed by atoms with Gasteiger partial charge >= 0.3 is 0 Å². The molecule has 0 aliphatic heterocycles. The van der Waals surface area contributed by atoms with Crippen LogP contribution in [0.5, 0.6) is 0 Å². The van der Waals surface area contributed by atoms with E-state index in [1.165, 1.54) is 30.5 Å². The van der Waals surface area contributed by atoms with Crippen LogP contribution in [0.4, 0.5) is 0 Å². The first-order chi connectivity index (χ1) is 7.05. The van der Waals surface area contributed by atoms with Crippen molar-refractivity contribution in [3.05, 3.63) is 29.6 Å². The first-order valence-electron chi connectivity index (χ1n) is 6.01.